The highest BCUT2D eigenvalue weighted by molar-refractivity contribution is 5.89. The van der Waals surface area contributed by atoms with Crippen LogP contribution in [0.25, 0.3) is 0 Å². The molecule has 1 aliphatic carbocycles. The van der Waals surface area contributed by atoms with Crippen molar-refractivity contribution in [1.82, 2.24) is 4.90 Å². The summed E-state index contributed by atoms with van der Waals surface area (Å²) >= 11 is 0. The molecular formula is C17H24N2O. The number of carbonyl (C=O) groups is 1. The van der Waals surface area contributed by atoms with Crippen molar-refractivity contribution in [2.75, 3.05) is 13.1 Å². The molecule has 0 aromatic heterocycles. The Hall–Kier alpha value is -1.35. The minimum atomic E-state index is -0.282. The molecule has 3 nitrogen and oxygen atoms in total. The zero-order chi connectivity index (χ0) is 14.2. The Labute approximate surface area is 121 Å². The SMILES string of the molecule is Cc1cccc(C2(C(=O)N3CC[C@@H](N)C3)CCCC2)c1. The van der Waals surface area contributed by atoms with Gasteiger partial charge in [0.05, 0.1) is 5.41 Å². The third kappa shape index (κ3) is 2.24. The standard InChI is InChI=1S/C17H24N2O/c1-13-5-4-6-14(11-13)17(8-2-3-9-17)16(20)19-10-7-15(18)12-19/h4-6,11,15H,2-3,7-10,12,18H2,1H3/t15-/m1/s1. The summed E-state index contributed by atoms with van der Waals surface area (Å²) in [5.74, 6) is 0.313. The van der Waals surface area contributed by atoms with Crippen LogP contribution in [0.2, 0.25) is 0 Å². The third-order valence-electron chi connectivity index (χ3n) is 4.95. The van der Waals surface area contributed by atoms with E-state index in [1.54, 1.807) is 0 Å². The Morgan fingerprint density at radius 2 is 2.10 bits per heavy atom. The highest BCUT2D eigenvalue weighted by atomic mass is 16.2. The van der Waals surface area contributed by atoms with Gasteiger partial charge in [-0.25, -0.2) is 0 Å². The molecule has 2 N–H and O–H groups in total. The summed E-state index contributed by atoms with van der Waals surface area (Å²) in [6.07, 6.45) is 5.22. The van der Waals surface area contributed by atoms with Crippen LogP contribution < -0.4 is 5.73 Å². The lowest BCUT2D eigenvalue weighted by Gasteiger charge is -2.33. The van der Waals surface area contributed by atoms with E-state index in [9.17, 15) is 4.79 Å². The molecule has 1 amide bonds. The van der Waals surface area contributed by atoms with E-state index >= 15 is 0 Å². The molecule has 3 heteroatoms. The average Bonchev–Trinajstić information content (AvgIpc) is 3.07. The number of hydrogen-bond donors (Lipinski definition) is 1. The summed E-state index contributed by atoms with van der Waals surface area (Å²) in [6.45, 7) is 3.66. The van der Waals surface area contributed by atoms with Gasteiger partial charge in [-0.05, 0) is 31.7 Å². The van der Waals surface area contributed by atoms with Crippen molar-refractivity contribution < 1.29 is 4.79 Å². The number of rotatable bonds is 2. The molecule has 1 aliphatic heterocycles. The number of nitrogens with two attached hydrogens (primary N) is 1. The summed E-state index contributed by atoms with van der Waals surface area (Å²) in [4.78, 5) is 15.1. The van der Waals surface area contributed by atoms with Crippen LogP contribution in [0.1, 0.15) is 43.2 Å². The molecule has 2 fully saturated rings. The Morgan fingerprint density at radius 3 is 2.70 bits per heavy atom. The monoisotopic (exact) mass is 272 g/mol. The second kappa shape index (κ2) is 5.21. The van der Waals surface area contributed by atoms with Gasteiger partial charge in [-0.3, -0.25) is 4.79 Å². The maximum absolute atomic E-state index is 13.1. The number of aryl methyl sites for hydroxylation is 1. The van der Waals surface area contributed by atoms with E-state index < -0.39 is 0 Å². The topological polar surface area (TPSA) is 46.3 Å². The molecule has 0 unspecified atom stereocenters. The third-order valence-corrected chi connectivity index (χ3v) is 4.95. The van der Waals surface area contributed by atoms with Gasteiger partial charge in [-0.1, -0.05) is 42.7 Å². The first-order valence-corrected chi connectivity index (χ1v) is 7.74. The van der Waals surface area contributed by atoms with Gasteiger partial charge in [0.2, 0.25) is 5.91 Å². The maximum atomic E-state index is 13.1. The zero-order valence-electron chi connectivity index (χ0n) is 12.3. The summed E-state index contributed by atoms with van der Waals surface area (Å²) in [6, 6.07) is 8.66. The second-order valence-corrected chi connectivity index (χ2v) is 6.46. The fourth-order valence-electron chi connectivity index (χ4n) is 3.82. The Morgan fingerprint density at radius 1 is 1.35 bits per heavy atom. The number of carbonyl (C=O) groups excluding carboxylic acids is 1. The average molecular weight is 272 g/mol. The fourth-order valence-corrected chi connectivity index (χ4v) is 3.82. The summed E-state index contributed by atoms with van der Waals surface area (Å²) in [7, 11) is 0. The number of hydrogen-bond acceptors (Lipinski definition) is 2. The number of benzene rings is 1. The molecule has 108 valence electrons. The van der Waals surface area contributed by atoms with Gasteiger partial charge in [-0.2, -0.15) is 0 Å². The first-order valence-electron chi connectivity index (χ1n) is 7.74. The van der Waals surface area contributed by atoms with E-state index in [1.165, 1.54) is 11.1 Å². The summed E-state index contributed by atoms with van der Waals surface area (Å²) in [5, 5.41) is 0. The predicted molar refractivity (Wildman–Crippen MR) is 80.5 cm³/mol. The summed E-state index contributed by atoms with van der Waals surface area (Å²) < 4.78 is 0. The van der Waals surface area contributed by atoms with Crippen LogP contribution in [0.4, 0.5) is 0 Å². The molecule has 2 aliphatic rings. The van der Waals surface area contributed by atoms with E-state index in [1.807, 2.05) is 4.90 Å². The van der Waals surface area contributed by atoms with E-state index in [-0.39, 0.29) is 11.5 Å². The lowest BCUT2D eigenvalue weighted by molar-refractivity contribution is -0.136. The van der Waals surface area contributed by atoms with Crippen LogP contribution in [-0.2, 0) is 10.2 Å². The Bertz CT molecular complexity index is 505. The lowest BCUT2D eigenvalue weighted by Crippen LogP contribution is -2.45. The highest BCUT2D eigenvalue weighted by Crippen LogP contribution is 2.43. The van der Waals surface area contributed by atoms with E-state index in [0.717, 1.165) is 45.2 Å². The molecule has 0 spiro atoms. The van der Waals surface area contributed by atoms with Gasteiger partial charge in [0.25, 0.3) is 0 Å². The summed E-state index contributed by atoms with van der Waals surface area (Å²) in [5.41, 5.74) is 8.14. The lowest BCUT2D eigenvalue weighted by atomic mass is 9.77. The maximum Gasteiger partial charge on any atom is 0.233 e. The first-order chi connectivity index (χ1) is 9.62. The number of nitrogens with zero attached hydrogens (tertiary/aromatic N) is 1. The number of amides is 1. The predicted octanol–water partition coefficient (Wildman–Crippen LogP) is 2.37. The second-order valence-electron chi connectivity index (χ2n) is 6.46. The van der Waals surface area contributed by atoms with Gasteiger partial charge in [-0.15, -0.1) is 0 Å². The van der Waals surface area contributed by atoms with Crippen LogP contribution in [0.5, 0.6) is 0 Å². The van der Waals surface area contributed by atoms with E-state index in [0.29, 0.717) is 5.91 Å². The van der Waals surface area contributed by atoms with Crippen molar-refractivity contribution in [3.63, 3.8) is 0 Å². The van der Waals surface area contributed by atoms with Crippen molar-refractivity contribution in [3.05, 3.63) is 35.4 Å². The van der Waals surface area contributed by atoms with Crippen LogP contribution in [0.15, 0.2) is 24.3 Å². The van der Waals surface area contributed by atoms with Gasteiger partial charge in [0, 0.05) is 19.1 Å². The van der Waals surface area contributed by atoms with Gasteiger partial charge in [0.15, 0.2) is 0 Å². The highest BCUT2D eigenvalue weighted by Gasteiger charge is 2.45. The molecule has 1 saturated carbocycles. The van der Waals surface area contributed by atoms with Crippen molar-refractivity contribution in [3.8, 4) is 0 Å². The Kier molecular flexibility index (Phi) is 3.55. The molecule has 1 aromatic carbocycles. The molecule has 0 bridgehead atoms. The van der Waals surface area contributed by atoms with Gasteiger partial charge >= 0.3 is 0 Å². The Balaban J connectivity index is 1.93. The molecular weight excluding hydrogens is 248 g/mol. The van der Waals surface area contributed by atoms with Crippen molar-refractivity contribution >= 4 is 5.91 Å². The van der Waals surface area contributed by atoms with Gasteiger partial charge < -0.3 is 10.6 Å². The fraction of sp³-hybridized carbons (Fsp3) is 0.588. The molecule has 1 heterocycles. The largest absolute Gasteiger partial charge is 0.340 e. The van der Waals surface area contributed by atoms with Crippen molar-refractivity contribution in [2.24, 2.45) is 5.73 Å². The van der Waals surface area contributed by atoms with E-state index in [2.05, 4.69) is 31.2 Å². The minimum absolute atomic E-state index is 0.162. The van der Waals surface area contributed by atoms with Crippen LogP contribution >= 0.6 is 0 Å². The zero-order valence-corrected chi connectivity index (χ0v) is 12.3. The molecule has 3 rings (SSSR count). The quantitative estimate of drug-likeness (QED) is 0.898. The first kappa shape index (κ1) is 13.6. The molecule has 0 radical (unpaired) electrons. The molecule has 1 saturated heterocycles. The molecule has 20 heavy (non-hydrogen) atoms. The van der Waals surface area contributed by atoms with Crippen molar-refractivity contribution in [2.45, 2.75) is 50.5 Å². The molecule has 1 atom stereocenters. The smallest absolute Gasteiger partial charge is 0.233 e. The van der Waals surface area contributed by atoms with Crippen LogP contribution in [0.3, 0.4) is 0 Å². The van der Waals surface area contributed by atoms with E-state index in [4.69, 9.17) is 5.73 Å². The number of likely N-dealkylation sites (tertiary alicyclic amines) is 1. The van der Waals surface area contributed by atoms with Crippen molar-refractivity contribution in [1.29, 1.82) is 0 Å². The minimum Gasteiger partial charge on any atom is -0.340 e. The van der Waals surface area contributed by atoms with Crippen LogP contribution in [-0.4, -0.2) is 29.9 Å². The van der Waals surface area contributed by atoms with Gasteiger partial charge in [0.1, 0.15) is 0 Å². The normalized spacial score (nSPS) is 25.1. The van der Waals surface area contributed by atoms with Crippen LogP contribution in [0, 0.1) is 6.92 Å². The molecule has 1 aromatic rings.